The second-order valence-corrected chi connectivity index (χ2v) is 5.11. The number of rotatable bonds is 10. The third kappa shape index (κ3) is 8.55. The summed E-state index contributed by atoms with van der Waals surface area (Å²) in [4.78, 5) is 0. The fourth-order valence-corrected chi connectivity index (χ4v) is 1.71. The van der Waals surface area contributed by atoms with Gasteiger partial charge in [0.05, 0.1) is 19.3 Å². The molecule has 2 unspecified atom stereocenters. The van der Waals surface area contributed by atoms with Gasteiger partial charge in [0.25, 0.3) is 0 Å². The van der Waals surface area contributed by atoms with Crippen LogP contribution in [0.2, 0.25) is 0 Å². The molecule has 0 amide bonds. The van der Waals surface area contributed by atoms with Gasteiger partial charge in [-0.25, -0.2) is 0 Å². The predicted molar refractivity (Wildman–Crippen MR) is 70.3 cm³/mol. The lowest BCUT2D eigenvalue weighted by molar-refractivity contribution is -0.0139. The Hall–Kier alpha value is -0.160. The number of ether oxygens (including phenoxy) is 2. The lowest BCUT2D eigenvalue weighted by atomic mass is 9.98. The van der Waals surface area contributed by atoms with Gasteiger partial charge in [0.15, 0.2) is 0 Å². The summed E-state index contributed by atoms with van der Waals surface area (Å²) in [5, 5.41) is 12.8. The van der Waals surface area contributed by atoms with Crippen LogP contribution in [-0.2, 0) is 9.47 Å². The zero-order valence-electron chi connectivity index (χ0n) is 12.0. The van der Waals surface area contributed by atoms with Crippen LogP contribution in [0.4, 0.5) is 0 Å². The van der Waals surface area contributed by atoms with Crippen LogP contribution in [0.25, 0.3) is 0 Å². The molecule has 0 radical (unpaired) electrons. The smallest absolute Gasteiger partial charge is 0.0780 e. The fourth-order valence-electron chi connectivity index (χ4n) is 1.71. The molecule has 0 bridgehead atoms. The first-order chi connectivity index (χ1) is 7.93. The van der Waals surface area contributed by atoms with E-state index in [0.29, 0.717) is 19.3 Å². The van der Waals surface area contributed by atoms with E-state index in [1.54, 1.807) is 0 Å². The van der Waals surface area contributed by atoms with Crippen LogP contribution >= 0.6 is 0 Å². The standard InChI is InChI=1S/C13H29NO3/c1-6-16-9-12(4)17-8-7-13(5,10-15)14-11(2)3/h11-12,14-15H,6-10H2,1-5H3. The molecule has 0 aromatic rings. The summed E-state index contributed by atoms with van der Waals surface area (Å²) in [7, 11) is 0. The van der Waals surface area contributed by atoms with Crippen LogP contribution in [0.3, 0.4) is 0 Å². The van der Waals surface area contributed by atoms with Gasteiger partial charge < -0.3 is 19.9 Å². The minimum absolute atomic E-state index is 0.108. The zero-order valence-corrected chi connectivity index (χ0v) is 12.0. The molecule has 0 aliphatic rings. The Morgan fingerprint density at radius 2 is 1.94 bits per heavy atom. The summed E-state index contributed by atoms with van der Waals surface area (Å²) in [5.74, 6) is 0. The minimum Gasteiger partial charge on any atom is -0.394 e. The second kappa shape index (κ2) is 8.86. The lowest BCUT2D eigenvalue weighted by Crippen LogP contribution is -2.49. The van der Waals surface area contributed by atoms with Crippen LogP contribution in [-0.4, -0.2) is 49.2 Å². The van der Waals surface area contributed by atoms with Crippen molar-refractivity contribution >= 4 is 0 Å². The summed E-state index contributed by atoms with van der Waals surface area (Å²) >= 11 is 0. The molecule has 0 saturated carbocycles. The summed E-state index contributed by atoms with van der Waals surface area (Å²) in [6, 6.07) is 0.355. The van der Waals surface area contributed by atoms with Gasteiger partial charge >= 0.3 is 0 Å². The van der Waals surface area contributed by atoms with Gasteiger partial charge in [-0.15, -0.1) is 0 Å². The number of hydrogen-bond donors (Lipinski definition) is 2. The van der Waals surface area contributed by atoms with Gasteiger partial charge in [-0.1, -0.05) is 13.8 Å². The van der Waals surface area contributed by atoms with Crippen LogP contribution in [0, 0.1) is 0 Å². The average Bonchev–Trinajstić information content (AvgIpc) is 2.25. The maximum atomic E-state index is 9.40. The molecule has 17 heavy (non-hydrogen) atoms. The maximum absolute atomic E-state index is 9.40. The van der Waals surface area contributed by atoms with Crippen molar-refractivity contribution in [3.63, 3.8) is 0 Å². The molecule has 0 aliphatic carbocycles. The predicted octanol–water partition coefficient (Wildman–Crippen LogP) is 1.57. The Balaban J connectivity index is 3.82. The van der Waals surface area contributed by atoms with Crippen molar-refractivity contribution in [3.05, 3.63) is 0 Å². The number of nitrogens with one attached hydrogen (secondary N) is 1. The van der Waals surface area contributed by atoms with Gasteiger partial charge in [-0.2, -0.15) is 0 Å². The Labute approximate surface area is 106 Å². The third-order valence-corrected chi connectivity index (χ3v) is 2.60. The van der Waals surface area contributed by atoms with Crippen molar-refractivity contribution in [2.75, 3.05) is 26.4 Å². The summed E-state index contributed by atoms with van der Waals surface area (Å²) in [6.07, 6.45) is 0.898. The highest BCUT2D eigenvalue weighted by molar-refractivity contribution is 4.83. The molecule has 0 fully saturated rings. The largest absolute Gasteiger partial charge is 0.394 e. The van der Waals surface area contributed by atoms with Crippen LogP contribution in [0.1, 0.15) is 41.0 Å². The van der Waals surface area contributed by atoms with Gasteiger partial charge in [0, 0.05) is 24.8 Å². The van der Waals surface area contributed by atoms with E-state index in [2.05, 4.69) is 19.2 Å². The van der Waals surface area contributed by atoms with Crippen molar-refractivity contribution in [2.45, 2.75) is 58.7 Å². The van der Waals surface area contributed by atoms with E-state index in [1.807, 2.05) is 20.8 Å². The first-order valence-electron chi connectivity index (χ1n) is 6.51. The minimum atomic E-state index is -0.264. The van der Waals surface area contributed by atoms with E-state index < -0.39 is 0 Å². The molecule has 0 aromatic heterocycles. The molecule has 104 valence electrons. The molecule has 4 heteroatoms. The lowest BCUT2D eigenvalue weighted by Gasteiger charge is -2.31. The van der Waals surface area contributed by atoms with Gasteiger partial charge in [0.1, 0.15) is 0 Å². The first kappa shape index (κ1) is 16.8. The van der Waals surface area contributed by atoms with Crippen molar-refractivity contribution in [2.24, 2.45) is 0 Å². The van der Waals surface area contributed by atoms with E-state index in [9.17, 15) is 5.11 Å². The highest BCUT2D eigenvalue weighted by Crippen LogP contribution is 2.11. The first-order valence-corrected chi connectivity index (χ1v) is 6.51. The Kier molecular flexibility index (Phi) is 8.78. The second-order valence-electron chi connectivity index (χ2n) is 5.11. The van der Waals surface area contributed by atoms with Crippen LogP contribution in [0.5, 0.6) is 0 Å². The van der Waals surface area contributed by atoms with E-state index in [1.165, 1.54) is 0 Å². The molecular weight excluding hydrogens is 218 g/mol. The maximum Gasteiger partial charge on any atom is 0.0780 e. The van der Waals surface area contributed by atoms with E-state index in [-0.39, 0.29) is 18.2 Å². The molecule has 2 atom stereocenters. The zero-order chi connectivity index (χ0) is 13.3. The van der Waals surface area contributed by atoms with Crippen molar-refractivity contribution in [1.29, 1.82) is 0 Å². The third-order valence-electron chi connectivity index (χ3n) is 2.60. The van der Waals surface area contributed by atoms with Gasteiger partial charge in [-0.3, -0.25) is 0 Å². The van der Waals surface area contributed by atoms with Crippen molar-refractivity contribution in [1.82, 2.24) is 5.32 Å². The van der Waals surface area contributed by atoms with Crippen molar-refractivity contribution < 1.29 is 14.6 Å². The molecule has 2 N–H and O–H groups in total. The quantitative estimate of drug-likeness (QED) is 0.615. The summed E-state index contributed by atoms with van der Waals surface area (Å²) < 4.78 is 10.9. The molecule has 0 aliphatic heterocycles. The SMILES string of the molecule is CCOCC(C)OCCC(C)(CO)NC(C)C. The number of hydrogen-bond acceptors (Lipinski definition) is 4. The molecule has 0 spiro atoms. The molecule has 0 aromatic carbocycles. The molecule has 0 rings (SSSR count). The van der Waals surface area contributed by atoms with E-state index in [0.717, 1.165) is 13.0 Å². The fraction of sp³-hybridized carbons (Fsp3) is 1.00. The Bertz CT molecular complexity index is 188. The van der Waals surface area contributed by atoms with Crippen LogP contribution in [0.15, 0.2) is 0 Å². The molecule has 0 heterocycles. The Morgan fingerprint density at radius 1 is 1.29 bits per heavy atom. The van der Waals surface area contributed by atoms with E-state index in [4.69, 9.17) is 9.47 Å². The Morgan fingerprint density at radius 3 is 2.41 bits per heavy atom. The topological polar surface area (TPSA) is 50.7 Å². The molecule has 0 saturated heterocycles. The van der Waals surface area contributed by atoms with Crippen LogP contribution < -0.4 is 5.32 Å². The van der Waals surface area contributed by atoms with Gasteiger partial charge in [0.2, 0.25) is 0 Å². The summed E-state index contributed by atoms with van der Waals surface area (Å²) in [5.41, 5.74) is -0.264. The van der Waals surface area contributed by atoms with Gasteiger partial charge in [-0.05, 0) is 27.2 Å². The number of aliphatic hydroxyl groups excluding tert-OH is 1. The normalized spacial score (nSPS) is 17.1. The highest BCUT2D eigenvalue weighted by Gasteiger charge is 2.23. The average molecular weight is 247 g/mol. The van der Waals surface area contributed by atoms with Crippen molar-refractivity contribution in [3.8, 4) is 0 Å². The summed E-state index contributed by atoms with van der Waals surface area (Å²) in [6.45, 7) is 12.2. The molecular formula is C13H29NO3. The number of aliphatic hydroxyl groups is 1. The molecule has 4 nitrogen and oxygen atoms in total. The highest BCUT2D eigenvalue weighted by atomic mass is 16.5. The van der Waals surface area contributed by atoms with E-state index >= 15 is 0 Å². The monoisotopic (exact) mass is 247 g/mol.